The Bertz CT molecular complexity index is 151. The summed E-state index contributed by atoms with van der Waals surface area (Å²) >= 11 is 1.55. The molecule has 2 atom stereocenters. The number of rotatable bonds is 1. The molecular weight excluding hydrogens is 148 g/mol. The molecule has 3 nitrogen and oxygen atoms in total. The van der Waals surface area contributed by atoms with Crippen LogP contribution < -0.4 is 0 Å². The molecule has 0 aromatic heterocycles. The molecule has 0 aromatic carbocycles. The second kappa shape index (κ2) is 2.80. The number of thioether (sulfide) groups is 1. The van der Waals surface area contributed by atoms with Crippen LogP contribution in [0.5, 0.6) is 0 Å². The normalized spacial score (nSPS) is 33.5. The molecule has 1 heterocycles. The Kier molecular flexibility index (Phi) is 2.21. The summed E-state index contributed by atoms with van der Waals surface area (Å²) in [4.78, 5) is 4.99. The third-order valence-electron chi connectivity index (χ3n) is 1.74. The van der Waals surface area contributed by atoms with Crippen molar-refractivity contribution in [3.8, 4) is 0 Å². The van der Waals surface area contributed by atoms with Gasteiger partial charge >= 0.3 is 0 Å². The smallest absolute Gasteiger partial charge is 0.181 e. The first-order chi connectivity index (χ1) is 4.66. The molecule has 1 N–H and O–H groups in total. The fraction of sp³-hybridized carbons (Fsp3) is 0.833. The molecule has 2 unspecified atom stereocenters. The number of nitrogens with zero attached hydrogens (tertiary/aromatic N) is 1. The molecule has 1 aliphatic heterocycles. The van der Waals surface area contributed by atoms with E-state index in [0.717, 1.165) is 0 Å². The minimum absolute atomic E-state index is 0.322. The number of amidine groups is 1. The van der Waals surface area contributed by atoms with Crippen molar-refractivity contribution in [1.82, 2.24) is 5.06 Å². The van der Waals surface area contributed by atoms with Crippen LogP contribution >= 0.6 is 11.8 Å². The van der Waals surface area contributed by atoms with Crippen molar-refractivity contribution in [3.05, 3.63) is 0 Å². The first-order valence-corrected chi connectivity index (χ1v) is 4.13. The molecule has 1 fully saturated rings. The predicted molar refractivity (Wildman–Crippen MR) is 43.1 cm³/mol. The van der Waals surface area contributed by atoms with E-state index in [9.17, 15) is 0 Å². The summed E-state index contributed by atoms with van der Waals surface area (Å²) in [6.45, 7) is 4.16. The third-order valence-corrected chi connectivity index (χ3v) is 2.91. The summed E-state index contributed by atoms with van der Waals surface area (Å²) in [5, 5.41) is 10.0. The summed E-state index contributed by atoms with van der Waals surface area (Å²) < 4.78 is 0. The molecule has 10 heavy (non-hydrogen) atoms. The highest BCUT2D eigenvalue weighted by atomic mass is 32.2. The lowest BCUT2D eigenvalue weighted by Gasteiger charge is -2.19. The number of hydrogen-bond donors (Lipinski definition) is 1. The molecular formula is C6H12N2OS. The van der Waals surface area contributed by atoms with E-state index in [-0.39, 0.29) is 0 Å². The Balaban J connectivity index is 2.64. The molecule has 1 saturated heterocycles. The summed E-state index contributed by atoms with van der Waals surface area (Å²) in [6, 6.07) is 0.322. The highest BCUT2D eigenvalue weighted by Gasteiger charge is 2.32. The number of nitrogens with one attached hydrogen (secondary N) is 1. The van der Waals surface area contributed by atoms with Crippen molar-refractivity contribution in [1.29, 1.82) is 5.41 Å². The zero-order valence-electron chi connectivity index (χ0n) is 6.42. The molecule has 0 amide bonds. The maximum Gasteiger partial charge on any atom is 0.181 e. The summed E-state index contributed by atoms with van der Waals surface area (Å²) in [7, 11) is 1.60. The van der Waals surface area contributed by atoms with Gasteiger partial charge in [0.15, 0.2) is 5.17 Å². The van der Waals surface area contributed by atoms with E-state index in [1.165, 1.54) is 0 Å². The third kappa shape index (κ3) is 1.13. The van der Waals surface area contributed by atoms with Crippen LogP contribution in [0.1, 0.15) is 13.8 Å². The fourth-order valence-corrected chi connectivity index (χ4v) is 1.96. The molecule has 0 saturated carbocycles. The quantitative estimate of drug-likeness (QED) is 0.628. The molecule has 0 aromatic rings. The molecule has 4 heteroatoms. The van der Waals surface area contributed by atoms with Crippen LogP contribution in [0.2, 0.25) is 0 Å². The summed E-state index contributed by atoms with van der Waals surface area (Å²) in [5.74, 6) is 0. The number of hydroxylamine groups is 2. The van der Waals surface area contributed by atoms with Gasteiger partial charge in [0.05, 0.1) is 13.2 Å². The van der Waals surface area contributed by atoms with E-state index in [0.29, 0.717) is 16.5 Å². The van der Waals surface area contributed by atoms with E-state index < -0.39 is 0 Å². The molecule has 0 aliphatic carbocycles. The van der Waals surface area contributed by atoms with Gasteiger partial charge in [0.2, 0.25) is 0 Å². The van der Waals surface area contributed by atoms with Crippen molar-refractivity contribution in [2.75, 3.05) is 7.11 Å². The second-order valence-electron chi connectivity index (χ2n) is 2.38. The van der Waals surface area contributed by atoms with E-state index in [1.807, 2.05) is 0 Å². The summed E-state index contributed by atoms with van der Waals surface area (Å²) in [5.41, 5.74) is 0. The first-order valence-electron chi connectivity index (χ1n) is 3.25. The Morgan fingerprint density at radius 2 is 2.20 bits per heavy atom. The van der Waals surface area contributed by atoms with Gasteiger partial charge in [0, 0.05) is 5.25 Å². The average molecular weight is 160 g/mol. The summed E-state index contributed by atoms with van der Waals surface area (Å²) in [6.07, 6.45) is 0. The van der Waals surface area contributed by atoms with Gasteiger partial charge in [-0.15, -0.1) is 0 Å². The van der Waals surface area contributed by atoms with Gasteiger partial charge in [-0.3, -0.25) is 10.2 Å². The second-order valence-corrected chi connectivity index (χ2v) is 3.74. The first kappa shape index (κ1) is 7.88. The highest BCUT2D eigenvalue weighted by molar-refractivity contribution is 8.14. The van der Waals surface area contributed by atoms with Crippen LogP contribution in [0, 0.1) is 5.41 Å². The lowest BCUT2D eigenvalue weighted by Crippen LogP contribution is -2.32. The molecule has 1 rings (SSSR count). The van der Waals surface area contributed by atoms with Crippen LogP contribution in [-0.2, 0) is 4.84 Å². The molecule has 0 bridgehead atoms. The lowest BCUT2D eigenvalue weighted by atomic mass is 10.2. The maximum atomic E-state index is 7.43. The van der Waals surface area contributed by atoms with Crippen LogP contribution in [0.25, 0.3) is 0 Å². The fourth-order valence-electron chi connectivity index (χ4n) is 0.951. The Hall–Kier alpha value is -0.220. The van der Waals surface area contributed by atoms with E-state index in [4.69, 9.17) is 10.2 Å². The zero-order chi connectivity index (χ0) is 7.72. The molecule has 58 valence electrons. The Labute approximate surface area is 65.2 Å². The van der Waals surface area contributed by atoms with Crippen molar-refractivity contribution >= 4 is 16.9 Å². The van der Waals surface area contributed by atoms with Crippen molar-refractivity contribution in [2.45, 2.75) is 25.1 Å². The van der Waals surface area contributed by atoms with Crippen molar-refractivity contribution < 1.29 is 4.84 Å². The molecule has 1 aliphatic rings. The number of hydrogen-bond acceptors (Lipinski definition) is 3. The van der Waals surface area contributed by atoms with Gasteiger partial charge in [0.1, 0.15) is 0 Å². The van der Waals surface area contributed by atoms with Crippen LogP contribution in [0.3, 0.4) is 0 Å². The molecule has 0 radical (unpaired) electrons. The van der Waals surface area contributed by atoms with Gasteiger partial charge in [-0.2, -0.15) is 0 Å². The topological polar surface area (TPSA) is 36.3 Å². The van der Waals surface area contributed by atoms with E-state index in [1.54, 1.807) is 23.9 Å². The minimum atomic E-state index is 0.322. The van der Waals surface area contributed by atoms with E-state index in [2.05, 4.69) is 13.8 Å². The van der Waals surface area contributed by atoms with E-state index >= 15 is 0 Å². The lowest BCUT2D eigenvalue weighted by molar-refractivity contribution is -0.0849. The predicted octanol–water partition coefficient (Wildman–Crippen LogP) is 1.31. The minimum Gasteiger partial charge on any atom is -0.277 e. The van der Waals surface area contributed by atoms with Crippen molar-refractivity contribution in [2.24, 2.45) is 0 Å². The highest BCUT2D eigenvalue weighted by Crippen LogP contribution is 2.29. The van der Waals surface area contributed by atoms with Gasteiger partial charge in [0.25, 0.3) is 0 Å². The van der Waals surface area contributed by atoms with Crippen LogP contribution in [0.4, 0.5) is 0 Å². The Morgan fingerprint density at radius 1 is 1.60 bits per heavy atom. The average Bonchev–Trinajstić information content (AvgIpc) is 2.09. The van der Waals surface area contributed by atoms with Gasteiger partial charge < -0.3 is 0 Å². The largest absolute Gasteiger partial charge is 0.277 e. The SMILES string of the molecule is CON1C(=N)SC(C)C1C. The monoisotopic (exact) mass is 160 g/mol. The van der Waals surface area contributed by atoms with Crippen molar-refractivity contribution in [3.63, 3.8) is 0 Å². The van der Waals surface area contributed by atoms with Crippen LogP contribution in [0.15, 0.2) is 0 Å². The maximum absolute atomic E-state index is 7.43. The van der Waals surface area contributed by atoms with Gasteiger partial charge in [-0.25, -0.2) is 5.06 Å². The standard InChI is InChI=1S/C6H12N2OS/c1-4-5(2)10-6(7)8(4)9-3/h4-5,7H,1-3H3. The Morgan fingerprint density at radius 3 is 2.40 bits per heavy atom. The van der Waals surface area contributed by atoms with Crippen LogP contribution in [-0.4, -0.2) is 28.6 Å². The van der Waals surface area contributed by atoms with Gasteiger partial charge in [-0.05, 0) is 6.92 Å². The van der Waals surface area contributed by atoms with Gasteiger partial charge in [-0.1, -0.05) is 18.7 Å². The molecule has 0 spiro atoms. The zero-order valence-corrected chi connectivity index (χ0v) is 7.23.